The van der Waals surface area contributed by atoms with Crippen LogP contribution in [0.25, 0.3) is 0 Å². The number of aliphatic carboxylic acids is 1. The van der Waals surface area contributed by atoms with Gasteiger partial charge in [0.05, 0.1) is 0 Å². The Kier molecular flexibility index (Phi) is 3.52. The summed E-state index contributed by atoms with van der Waals surface area (Å²) >= 11 is 0. The third-order valence-electron chi connectivity index (χ3n) is 2.40. The number of carboxylic acid groups (broad SMARTS) is 3. The second-order valence-corrected chi connectivity index (χ2v) is 3.48. The first-order chi connectivity index (χ1) is 7.84. The molecule has 4 N–H and O–H groups in total. The number of carboxylic acids is 3. The predicted molar refractivity (Wildman–Crippen MR) is 55.4 cm³/mol. The number of carbonyl (C=O) groups is 3. The van der Waals surface area contributed by atoms with Crippen LogP contribution in [0.3, 0.4) is 0 Å². The maximum atomic E-state index is 10.9. The predicted octanol–water partition coefficient (Wildman–Crippen LogP) is 0.737. The number of aromatic carboxylic acids is 2. The fourth-order valence-electron chi connectivity index (χ4n) is 1.57. The Balaban J connectivity index is 3.20. The van der Waals surface area contributed by atoms with Gasteiger partial charge in [-0.05, 0) is 24.5 Å². The minimum atomic E-state index is -1.30. The highest BCUT2D eigenvalue weighted by Gasteiger charge is 2.22. The summed E-state index contributed by atoms with van der Waals surface area (Å²) in [6, 6.07) is 0. The fraction of sp³-hybridized carbons (Fsp3) is 0.300. The van der Waals surface area contributed by atoms with Crippen LogP contribution in [0.1, 0.15) is 38.5 Å². The van der Waals surface area contributed by atoms with Gasteiger partial charge in [0.1, 0.15) is 11.4 Å². The third-order valence-corrected chi connectivity index (χ3v) is 2.40. The van der Waals surface area contributed by atoms with E-state index in [0.29, 0.717) is 0 Å². The Hall–Kier alpha value is -2.31. The largest absolute Gasteiger partial charge is 0.481 e. The van der Waals surface area contributed by atoms with E-state index in [1.165, 1.54) is 6.92 Å². The Labute approximate surface area is 95.7 Å². The van der Waals surface area contributed by atoms with E-state index in [-0.39, 0.29) is 35.4 Å². The zero-order chi connectivity index (χ0) is 13.2. The molecule has 1 rings (SSSR count). The highest BCUT2D eigenvalue weighted by molar-refractivity contribution is 5.94. The first kappa shape index (κ1) is 12.8. The van der Waals surface area contributed by atoms with Crippen LogP contribution in [-0.2, 0) is 11.2 Å². The maximum Gasteiger partial charge on any atom is 0.352 e. The van der Waals surface area contributed by atoms with E-state index >= 15 is 0 Å². The lowest BCUT2D eigenvalue weighted by Gasteiger charge is -1.99. The molecule has 7 heteroatoms. The summed E-state index contributed by atoms with van der Waals surface area (Å²) in [7, 11) is 0. The van der Waals surface area contributed by atoms with Crippen molar-refractivity contribution >= 4 is 17.9 Å². The van der Waals surface area contributed by atoms with Crippen molar-refractivity contribution < 1.29 is 29.7 Å². The minimum Gasteiger partial charge on any atom is -0.481 e. The Morgan fingerprint density at radius 3 is 2.00 bits per heavy atom. The smallest absolute Gasteiger partial charge is 0.352 e. The minimum absolute atomic E-state index is 0.0213. The van der Waals surface area contributed by atoms with Crippen molar-refractivity contribution in [3.05, 3.63) is 22.5 Å². The molecule has 0 saturated carbocycles. The molecule has 0 atom stereocenters. The highest BCUT2D eigenvalue weighted by Crippen LogP contribution is 2.20. The molecule has 0 unspecified atom stereocenters. The highest BCUT2D eigenvalue weighted by atomic mass is 16.4. The van der Waals surface area contributed by atoms with E-state index in [4.69, 9.17) is 15.3 Å². The van der Waals surface area contributed by atoms with Crippen LogP contribution < -0.4 is 0 Å². The molecule has 0 aliphatic rings. The monoisotopic (exact) mass is 241 g/mol. The van der Waals surface area contributed by atoms with Crippen molar-refractivity contribution in [2.24, 2.45) is 0 Å². The standard InChI is InChI=1S/C10H11NO6/c1-4-5(2-3-6(12)13)8(10(16)17)11-7(4)9(14)15/h11H,2-3H2,1H3,(H,12,13)(H,14,15)(H,16,17). The molecule has 1 aromatic rings. The number of rotatable bonds is 5. The molecule has 0 amide bonds. The third kappa shape index (κ3) is 2.63. The van der Waals surface area contributed by atoms with Crippen LogP contribution in [0.15, 0.2) is 0 Å². The van der Waals surface area contributed by atoms with Gasteiger partial charge in [-0.3, -0.25) is 4.79 Å². The number of hydrogen-bond donors (Lipinski definition) is 4. The van der Waals surface area contributed by atoms with Crippen molar-refractivity contribution in [1.82, 2.24) is 4.98 Å². The summed E-state index contributed by atoms with van der Waals surface area (Å²) in [5.41, 5.74) is -0.00242. The molecule has 0 fully saturated rings. The molecule has 7 nitrogen and oxygen atoms in total. The lowest BCUT2D eigenvalue weighted by molar-refractivity contribution is -0.136. The van der Waals surface area contributed by atoms with Crippen LogP contribution in [0.2, 0.25) is 0 Å². The first-order valence-electron chi connectivity index (χ1n) is 4.74. The van der Waals surface area contributed by atoms with Gasteiger partial charge in [0.15, 0.2) is 0 Å². The second kappa shape index (κ2) is 4.69. The molecular formula is C10H11NO6. The van der Waals surface area contributed by atoms with Crippen LogP contribution in [0.5, 0.6) is 0 Å². The Morgan fingerprint density at radius 2 is 1.59 bits per heavy atom. The molecule has 0 saturated heterocycles. The van der Waals surface area contributed by atoms with Gasteiger partial charge >= 0.3 is 17.9 Å². The van der Waals surface area contributed by atoms with Gasteiger partial charge < -0.3 is 20.3 Å². The van der Waals surface area contributed by atoms with Gasteiger partial charge in [0.25, 0.3) is 0 Å². The average molecular weight is 241 g/mol. The van der Waals surface area contributed by atoms with Crippen LogP contribution >= 0.6 is 0 Å². The lowest BCUT2D eigenvalue weighted by atomic mass is 10.0. The first-order valence-corrected chi connectivity index (χ1v) is 4.74. The summed E-state index contributed by atoms with van der Waals surface area (Å²) in [4.78, 5) is 34.4. The molecule has 0 spiro atoms. The van der Waals surface area contributed by atoms with Crippen molar-refractivity contribution in [1.29, 1.82) is 0 Å². The average Bonchev–Trinajstić information content (AvgIpc) is 2.52. The molecule has 0 bridgehead atoms. The Bertz CT molecular complexity index is 487. The maximum absolute atomic E-state index is 10.9. The topological polar surface area (TPSA) is 128 Å². The molecule has 1 aromatic heterocycles. The molecule has 0 aliphatic heterocycles. The quantitative estimate of drug-likeness (QED) is 0.601. The normalized spacial score (nSPS) is 10.2. The van der Waals surface area contributed by atoms with Gasteiger partial charge in [-0.15, -0.1) is 0 Å². The van der Waals surface area contributed by atoms with Gasteiger partial charge in [-0.2, -0.15) is 0 Å². The summed E-state index contributed by atoms with van der Waals surface area (Å²) < 4.78 is 0. The van der Waals surface area contributed by atoms with Crippen LogP contribution in [0, 0.1) is 6.92 Å². The van der Waals surface area contributed by atoms with Crippen LogP contribution in [-0.4, -0.2) is 38.2 Å². The lowest BCUT2D eigenvalue weighted by Crippen LogP contribution is -2.04. The molecule has 0 aromatic carbocycles. The van der Waals surface area contributed by atoms with E-state index in [9.17, 15) is 14.4 Å². The van der Waals surface area contributed by atoms with E-state index in [0.717, 1.165) is 0 Å². The molecule has 0 radical (unpaired) electrons. The number of hydrogen-bond acceptors (Lipinski definition) is 3. The van der Waals surface area contributed by atoms with Gasteiger partial charge in [-0.25, -0.2) is 9.59 Å². The van der Waals surface area contributed by atoms with Crippen molar-refractivity contribution in [2.45, 2.75) is 19.8 Å². The Morgan fingerprint density at radius 1 is 1.06 bits per heavy atom. The van der Waals surface area contributed by atoms with E-state index in [1.54, 1.807) is 0 Å². The summed E-state index contributed by atoms with van der Waals surface area (Å²) in [6.45, 7) is 1.45. The summed E-state index contributed by atoms with van der Waals surface area (Å²) in [5, 5.41) is 26.2. The van der Waals surface area contributed by atoms with Gasteiger partial charge in [-0.1, -0.05) is 0 Å². The zero-order valence-electron chi connectivity index (χ0n) is 8.98. The van der Waals surface area contributed by atoms with Crippen LogP contribution in [0.4, 0.5) is 0 Å². The molecule has 17 heavy (non-hydrogen) atoms. The van der Waals surface area contributed by atoms with Crippen molar-refractivity contribution in [3.8, 4) is 0 Å². The number of aromatic amines is 1. The fourth-order valence-corrected chi connectivity index (χ4v) is 1.57. The molecule has 0 aliphatic carbocycles. The van der Waals surface area contributed by atoms with Crippen molar-refractivity contribution in [2.75, 3.05) is 0 Å². The summed E-state index contributed by atoms with van der Waals surface area (Å²) in [5.74, 6) is -3.65. The summed E-state index contributed by atoms with van der Waals surface area (Å²) in [6.07, 6.45) is -0.273. The van der Waals surface area contributed by atoms with E-state index in [2.05, 4.69) is 4.98 Å². The molecule has 92 valence electrons. The van der Waals surface area contributed by atoms with Gasteiger partial charge in [0, 0.05) is 6.42 Å². The number of nitrogens with one attached hydrogen (secondary N) is 1. The number of aromatic nitrogens is 1. The van der Waals surface area contributed by atoms with Crippen molar-refractivity contribution in [3.63, 3.8) is 0 Å². The number of H-pyrrole nitrogens is 1. The SMILES string of the molecule is Cc1c(C(=O)O)[nH]c(C(=O)O)c1CCC(=O)O. The second-order valence-electron chi connectivity index (χ2n) is 3.48. The van der Waals surface area contributed by atoms with E-state index in [1.807, 2.05) is 0 Å². The molecule has 1 heterocycles. The van der Waals surface area contributed by atoms with E-state index < -0.39 is 17.9 Å². The van der Waals surface area contributed by atoms with Gasteiger partial charge in [0.2, 0.25) is 0 Å². The zero-order valence-corrected chi connectivity index (χ0v) is 8.98. The molecular weight excluding hydrogens is 230 g/mol.